The molecule has 1 heterocycles. The Hall–Kier alpha value is -0.570. The van der Waals surface area contributed by atoms with Gasteiger partial charge in [-0.15, -0.1) is 0 Å². The van der Waals surface area contributed by atoms with Gasteiger partial charge in [0.15, 0.2) is 0 Å². The Labute approximate surface area is 86.1 Å². The zero-order chi connectivity index (χ0) is 10.1. The standard InChI is InChI=1S/C11H20N2O/c1-9-8-12(11-4-3-5-11)6-7-13(9)10(2)14/h9,11H,3-8H2,1-2H3. The molecule has 0 aromatic heterocycles. The van der Waals surface area contributed by atoms with Crippen LogP contribution in [0.2, 0.25) is 0 Å². The Morgan fingerprint density at radius 1 is 1.29 bits per heavy atom. The van der Waals surface area contributed by atoms with E-state index in [1.807, 2.05) is 4.90 Å². The van der Waals surface area contributed by atoms with E-state index in [4.69, 9.17) is 0 Å². The molecule has 1 atom stereocenters. The highest BCUT2D eigenvalue weighted by atomic mass is 16.2. The molecule has 0 bridgehead atoms. The fraction of sp³-hybridized carbons (Fsp3) is 0.909. The van der Waals surface area contributed by atoms with Gasteiger partial charge < -0.3 is 4.90 Å². The van der Waals surface area contributed by atoms with Gasteiger partial charge >= 0.3 is 0 Å². The van der Waals surface area contributed by atoms with Gasteiger partial charge in [0.1, 0.15) is 0 Å². The molecule has 1 saturated carbocycles. The van der Waals surface area contributed by atoms with Crippen molar-refractivity contribution < 1.29 is 4.79 Å². The predicted octanol–water partition coefficient (Wildman–Crippen LogP) is 1.09. The highest BCUT2D eigenvalue weighted by Gasteiger charge is 2.31. The number of piperazine rings is 1. The van der Waals surface area contributed by atoms with E-state index in [1.54, 1.807) is 6.92 Å². The molecule has 0 radical (unpaired) electrons. The summed E-state index contributed by atoms with van der Waals surface area (Å²) < 4.78 is 0. The zero-order valence-electron chi connectivity index (χ0n) is 9.20. The molecule has 1 saturated heterocycles. The summed E-state index contributed by atoms with van der Waals surface area (Å²) in [5, 5.41) is 0. The highest BCUT2D eigenvalue weighted by molar-refractivity contribution is 5.73. The number of carbonyl (C=O) groups is 1. The van der Waals surface area contributed by atoms with Crippen LogP contribution in [0.1, 0.15) is 33.1 Å². The molecule has 2 rings (SSSR count). The summed E-state index contributed by atoms with van der Waals surface area (Å²) in [6.07, 6.45) is 4.13. The number of hydrogen-bond acceptors (Lipinski definition) is 2. The second-order valence-corrected chi connectivity index (χ2v) is 4.64. The summed E-state index contributed by atoms with van der Waals surface area (Å²) in [4.78, 5) is 15.8. The first-order valence-electron chi connectivity index (χ1n) is 5.69. The molecule has 1 aliphatic heterocycles. The van der Waals surface area contributed by atoms with Crippen molar-refractivity contribution in [1.82, 2.24) is 9.80 Å². The first-order valence-corrected chi connectivity index (χ1v) is 5.69. The molecule has 0 N–H and O–H groups in total. The summed E-state index contributed by atoms with van der Waals surface area (Å²) >= 11 is 0. The molecule has 0 aromatic carbocycles. The first kappa shape index (κ1) is 9.97. The van der Waals surface area contributed by atoms with Crippen LogP contribution in [0.15, 0.2) is 0 Å². The normalized spacial score (nSPS) is 30.1. The Kier molecular flexibility index (Phi) is 2.77. The maximum absolute atomic E-state index is 11.3. The molecule has 3 heteroatoms. The second-order valence-electron chi connectivity index (χ2n) is 4.64. The van der Waals surface area contributed by atoms with Gasteiger partial charge in [0, 0.05) is 38.6 Å². The van der Waals surface area contributed by atoms with E-state index in [0.717, 1.165) is 25.7 Å². The van der Waals surface area contributed by atoms with Crippen LogP contribution in [0.3, 0.4) is 0 Å². The maximum atomic E-state index is 11.3. The van der Waals surface area contributed by atoms with E-state index in [9.17, 15) is 4.79 Å². The highest BCUT2D eigenvalue weighted by Crippen LogP contribution is 2.26. The van der Waals surface area contributed by atoms with Crippen LogP contribution >= 0.6 is 0 Å². The molecule has 2 aliphatic rings. The lowest BCUT2D eigenvalue weighted by molar-refractivity contribution is -0.134. The van der Waals surface area contributed by atoms with Gasteiger partial charge in [0.05, 0.1) is 0 Å². The van der Waals surface area contributed by atoms with Crippen molar-refractivity contribution in [2.45, 2.75) is 45.2 Å². The van der Waals surface area contributed by atoms with E-state index in [-0.39, 0.29) is 5.91 Å². The van der Waals surface area contributed by atoms with Gasteiger partial charge in [-0.3, -0.25) is 9.69 Å². The van der Waals surface area contributed by atoms with Crippen LogP contribution in [0.4, 0.5) is 0 Å². The van der Waals surface area contributed by atoms with Gasteiger partial charge in [-0.25, -0.2) is 0 Å². The van der Waals surface area contributed by atoms with E-state index in [2.05, 4.69) is 11.8 Å². The maximum Gasteiger partial charge on any atom is 0.219 e. The number of hydrogen-bond donors (Lipinski definition) is 0. The molecule has 3 nitrogen and oxygen atoms in total. The fourth-order valence-corrected chi connectivity index (χ4v) is 2.54. The molecule has 80 valence electrons. The van der Waals surface area contributed by atoms with E-state index < -0.39 is 0 Å². The van der Waals surface area contributed by atoms with Gasteiger partial charge in [0.25, 0.3) is 0 Å². The van der Waals surface area contributed by atoms with E-state index in [1.165, 1.54) is 19.3 Å². The van der Waals surface area contributed by atoms with Crippen LogP contribution in [-0.4, -0.2) is 47.4 Å². The van der Waals surface area contributed by atoms with Crippen molar-refractivity contribution >= 4 is 5.91 Å². The van der Waals surface area contributed by atoms with E-state index in [0.29, 0.717) is 6.04 Å². The number of rotatable bonds is 1. The largest absolute Gasteiger partial charge is 0.338 e. The topological polar surface area (TPSA) is 23.6 Å². The molecule has 0 spiro atoms. The van der Waals surface area contributed by atoms with Crippen LogP contribution in [0.25, 0.3) is 0 Å². The molecule has 1 amide bonds. The van der Waals surface area contributed by atoms with Crippen molar-refractivity contribution in [3.8, 4) is 0 Å². The Morgan fingerprint density at radius 2 is 2.00 bits per heavy atom. The van der Waals surface area contributed by atoms with E-state index >= 15 is 0 Å². The fourth-order valence-electron chi connectivity index (χ4n) is 2.54. The summed E-state index contributed by atoms with van der Waals surface area (Å²) in [6.45, 7) is 6.91. The van der Waals surface area contributed by atoms with Crippen LogP contribution < -0.4 is 0 Å². The molecular weight excluding hydrogens is 176 g/mol. The monoisotopic (exact) mass is 196 g/mol. The predicted molar refractivity (Wildman–Crippen MR) is 56.1 cm³/mol. The number of carbonyl (C=O) groups excluding carboxylic acids is 1. The summed E-state index contributed by atoms with van der Waals surface area (Å²) in [7, 11) is 0. The van der Waals surface area contributed by atoms with Crippen molar-refractivity contribution in [3.05, 3.63) is 0 Å². The molecule has 14 heavy (non-hydrogen) atoms. The van der Waals surface area contributed by atoms with Crippen molar-refractivity contribution in [3.63, 3.8) is 0 Å². The van der Waals surface area contributed by atoms with Gasteiger partial charge in [0.2, 0.25) is 5.91 Å². The lowest BCUT2D eigenvalue weighted by atomic mass is 9.90. The average molecular weight is 196 g/mol. The smallest absolute Gasteiger partial charge is 0.219 e. The van der Waals surface area contributed by atoms with Crippen LogP contribution in [0.5, 0.6) is 0 Å². The van der Waals surface area contributed by atoms with Crippen molar-refractivity contribution in [2.75, 3.05) is 19.6 Å². The Balaban J connectivity index is 1.88. The molecule has 1 unspecified atom stereocenters. The van der Waals surface area contributed by atoms with Gasteiger partial charge in [-0.2, -0.15) is 0 Å². The molecule has 1 aliphatic carbocycles. The van der Waals surface area contributed by atoms with Crippen LogP contribution in [0, 0.1) is 0 Å². The summed E-state index contributed by atoms with van der Waals surface area (Å²) in [5.74, 6) is 0.228. The molecule has 2 fully saturated rings. The Bertz CT molecular complexity index is 225. The van der Waals surface area contributed by atoms with Crippen LogP contribution in [-0.2, 0) is 4.79 Å². The third-order valence-electron chi connectivity index (χ3n) is 3.65. The molecular formula is C11H20N2O. The lowest BCUT2D eigenvalue weighted by Crippen LogP contribution is -2.57. The quantitative estimate of drug-likeness (QED) is 0.627. The van der Waals surface area contributed by atoms with Gasteiger partial charge in [-0.1, -0.05) is 6.42 Å². The Morgan fingerprint density at radius 3 is 2.43 bits per heavy atom. The van der Waals surface area contributed by atoms with Crippen molar-refractivity contribution in [1.29, 1.82) is 0 Å². The molecule has 0 aromatic rings. The number of nitrogens with zero attached hydrogens (tertiary/aromatic N) is 2. The zero-order valence-corrected chi connectivity index (χ0v) is 9.20. The average Bonchev–Trinajstić information content (AvgIpc) is 2.00. The minimum absolute atomic E-state index is 0.228. The minimum atomic E-state index is 0.228. The number of amides is 1. The van der Waals surface area contributed by atoms with Gasteiger partial charge in [-0.05, 0) is 19.8 Å². The minimum Gasteiger partial charge on any atom is -0.338 e. The second kappa shape index (κ2) is 3.89. The van der Waals surface area contributed by atoms with Crippen molar-refractivity contribution in [2.24, 2.45) is 0 Å². The SMILES string of the molecule is CC(=O)N1CCN(C2CCC2)CC1C. The third kappa shape index (κ3) is 1.78. The lowest BCUT2D eigenvalue weighted by Gasteiger charge is -2.45. The summed E-state index contributed by atoms with van der Waals surface area (Å²) in [6, 6.07) is 1.23. The summed E-state index contributed by atoms with van der Waals surface area (Å²) in [5.41, 5.74) is 0. The first-order chi connectivity index (χ1) is 6.68. The third-order valence-corrected chi connectivity index (χ3v) is 3.65.